The van der Waals surface area contributed by atoms with Gasteiger partial charge in [0.1, 0.15) is 5.75 Å². The minimum Gasteiger partial charge on any atom is -0.476 e. The molecule has 0 aliphatic rings. The predicted octanol–water partition coefficient (Wildman–Crippen LogP) is 5.96. The van der Waals surface area contributed by atoms with Crippen LogP contribution in [0.3, 0.4) is 0 Å². The molecule has 0 aliphatic heterocycles. The average molecular weight is 642 g/mol. The summed E-state index contributed by atoms with van der Waals surface area (Å²) in [5.41, 5.74) is 1.66. The number of nitrogens with one attached hydrogen (secondary N) is 1. The lowest BCUT2D eigenvalue weighted by molar-refractivity contribution is -0.126. The van der Waals surface area contributed by atoms with Gasteiger partial charge in [-0.3, -0.25) is 9.59 Å². The van der Waals surface area contributed by atoms with E-state index in [0.29, 0.717) is 26.9 Å². The van der Waals surface area contributed by atoms with Gasteiger partial charge in [-0.1, -0.05) is 59.6 Å². The molecule has 12 heteroatoms. The van der Waals surface area contributed by atoms with Crippen molar-refractivity contribution in [3.8, 4) is 5.75 Å². The Morgan fingerprint density at radius 1 is 0.837 bits per heavy atom. The molecular weight excluding hydrogens is 615 g/mol. The molecule has 0 saturated heterocycles. The van der Waals surface area contributed by atoms with Crippen molar-refractivity contribution in [2.45, 2.75) is 24.5 Å². The summed E-state index contributed by atoms with van der Waals surface area (Å²) in [7, 11) is -3.11. The van der Waals surface area contributed by atoms with E-state index >= 15 is 0 Å². The molecule has 222 valence electrons. The third-order valence-corrected chi connectivity index (χ3v) is 8.39. The highest BCUT2D eigenvalue weighted by molar-refractivity contribution is 7.90. The van der Waals surface area contributed by atoms with E-state index in [1.165, 1.54) is 43.2 Å². The number of nitrogens with zero attached hydrogens (tertiary/aromatic N) is 1. The van der Waals surface area contributed by atoms with Crippen LogP contribution in [0.2, 0.25) is 10.0 Å². The second-order valence-corrected chi connectivity index (χ2v) is 11.7. The largest absolute Gasteiger partial charge is 0.476 e. The number of carbonyl (C=O) groups is 3. The summed E-state index contributed by atoms with van der Waals surface area (Å²) in [6, 6.07) is 24.8. The molecule has 0 saturated carbocycles. The SMILES string of the molecule is COC(=O)c1ccc(S(=O)(=O)NC(=O)[C@@H](Oc2ccc(N(Cc3c(Cl)cccc3Cl)C(C)=O)cc2)c2ccccc2)cc1. The van der Waals surface area contributed by atoms with Gasteiger partial charge in [-0.15, -0.1) is 0 Å². The molecule has 1 N–H and O–H groups in total. The zero-order valence-corrected chi connectivity index (χ0v) is 25.3. The Hall–Kier alpha value is -4.38. The summed E-state index contributed by atoms with van der Waals surface area (Å²) >= 11 is 12.6. The van der Waals surface area contributed by atoms with Gasteiger partial charge in [-0.2, -0.15) is 0 Å². The minimum atomic E-state index is -4.32. The topological polar surface area (TPSA) is 119 Å². The normalized spacial score (nSPS) is 11.7. The van der Waals surface area contributed by atoms with Crippen LogP contribution in [0.5, 0.6) is 5.75 Å². The van der Waals surface area contributed by atoms with Crippen LogP contribution in [0.4, 0.5) is 5.69 Å². The maximum absolute atomic E-state index is 13.3. The van der Waals surface area contributed by atoms with Crippen molar-refractivity contribution in [1.82, 2.24) is 4.72 Å². The molecule has 4 rings (SSSR count). The number of anilines is 1. The number of sulfonamides is 1. The van der Waals surface area contributed by atoms with Gasteiger partial charge in [-0.25, -0.2) is 17.9 Å². The van der Waals surface area contributed by atoms with Crippen molar-refractivity contribution < 1.29 is 32.3 Å². The summed E-state index contributed by atoms with van der Waals surface area (Å²) in [4.78, 5) is 38.8. The summed E-state index contributed by atoms with van der Waals surface area (Å²) in [5, 5.41) is 0.842. The van der Waals surface area contributed by atoms with E-state index < -0.39 is 28.0 Å². The van der Waals surface area contributed by atoms with Gasteiger partial charge < -0.3 is 14.4 Å². The number of methoxy groups -OCH3 is 1. The van der Waals surface area contributed by atoms with Crippen LogP contribution in [0.25, 0.3) is 0 Å². The van der Waals surface area contributed by atoms with Gasteiger partial charge in [0.05, 0.1) is 24.1 Å². The first-order valence-corrected chi connectivity index (χ1v) is 15.0. The number of amides is 2. The zero-order valence-electron chi connectivity index (χ0n) is 23.0. The fourth-order valence-corrected chi connectivity index (χ4v) is 5.60. The maximum Gasteiger partial charge on any atom is 0.337 e. The Bertz CT molecular complexity index is 1710. The van der Waals surface area contributed by atoms with Gasteiger partial charge in [-0.05, 0) is 60.7 Å². The number of carbonyl (C=O) groups excluding carboxylic acids is 3. The van der Waals surface area contributed by atoms with Crippen LogP contribution in [-0.4, -0.2) is 33.3 Å². The second kappa shape index (κ2) is 13.7. The Labute approximate surface area is 259 Å². The average Bonchev–Trinajstić information content (AvgIpc) is 3.00. The standard InChI is InChI=1S/C31H26Cl2N2O7S/c1-20(36)35(19-26-27(32)9-6-10-28(26)33)23-13-15-24(16-14-23)42-29(21-7-4-3-5-8-21)30(37)34-43(39,40)25-17-11-22(12-18-25)31(38)41-2/h3-18,29H,19H2,1-2H3,(H,34,37)/t29-/m0/s1. The first-order chi connectivity index (χ1) is 20.5. The predicted molar refractivity (Wildman–Crippen MR) is 163 cm³/mol. The second-order valence-electron chi connectivity index (χ2n) is 9.19. The zero-order chi connectivity index (χ0) is 31.1. The van der Waals surface area contributed by atoms with Gasteiger partial charge in [0.15, 0.2) is 0 Å². The smallest absolute Gasteiger partial charge is 0.337 e. The number of hydrogen-bond donors (Lipinski definition) is 1. The van der Waals surface area contributed by atoms with Crippen LogP contribution < -0.4 is 14.4 Å². The summed E-state index contributed by atoms with van der Waals surface area (Å²) in [6.45, 7) is 1.54. The Morgan fingerprint density at radius 2 is 1.44 bits per heavy atom. The Kier molecular flexibility index (Phi) is 10.1. The van der Waals surface area contributed by atoms with Crippen LogP contribution in [0.15, 0.2) is 102 Å². The van der Waals surface area contributed by atoms with Gasteiger partial charge in [0.25, 0.3) is 15.9 Å². The molecule has 43 heavy (non-hydrogen) atoms. The van der Waals surface area contributed by atoms with Crippen molar-refractivity contribution in [3.05, 3.63) is 124 Å². The molecule has 4 aromatic rings. The first kappa shape index (κ1) is 31.6. The maximum atomic E-state index is 13.3. The minimum absolute atomic E-state index is 0.127. The van der Waals surface area contributed by atoms with Crippen molar-refractivity contribution >= 4 is 56.7 Å². The number of hydrogen-bond acceptors (Lipinski definition) is 7. The van der Waals surface area contributed by atoms with E-state index in [-0.39, 0.29) is 28.7 Å². The Morgan fingerprint density at radius 3 is 2.00 bits per heavy atom. The lowest BCUT2D eigenvalue weighted by Crippen LogP contribution is -2.36. The van der Waals surface area contributed by atoms with Crippen molar-refractivity contribution in [3.63, 3.8) is 0 Å². The number of ether oxygens (including phenoxy) is 2. The highest BCUT2D eigenvalue weighted by atomic mass is 35.5. The molecule has 0 spiro atoms. The molecule has 0 unspecified atom stereocenters. The first-order valence-electron chi connectivity index (χ1n) is 12.8. The van der Waals surface area contributed by atoms with Crippen molar-refractivity contribution in [1.29, 1.82) is 0 Å². The third kappa shape index (κ3) is 7.72. The molecular formula is C31H26Cl2N2O7S. The molecule has 2 amide bonds. The Balaban J connectivity index is 1.56. The van der Waals surface area contributed by atoms with E-state index in [0.717, 1.165) is 0 Å². The number of esters is 1. The molecule has 0 heterocycles. The van der Waals surface area contributed by atoms with Gasteiger partial charge in [0, 0.05) is 33.8 Å². The molecule has 0 bridgehead atoms. The van der Waals surface area contributed by atoms with E-state index in [9.17, 15) is 22.8 Å². The summed E-state index contributed by atoms with van der Waals surface area (Å²) in [6.07, 6.45) is -1.35. The lowest BCUT2D eigenvalue weighted by atomic mass is 10.1. The molecule has 1 atom stereocenters. The number of rotatable bonds is 10. The van der Waals surface area contributed by atoms with Crippen molar-refractivity contribution in [2.24, 2.45) is 0 Å². The van der Waals surface area contributed by atoms with Crippen LogP contribution in [0.1, 0.15) is 34.5 Å². The highest BCUT2D eigenvalue weighted by Crippen LogP contribution is 2.30. The summed E-state index contributed by atoms with van der Waals surface area (Å²) in [5.74, 6) is -1.58. The van der Waals surface area contributed by atoms with E-state index in [4.69, 9.17) is 27.9 Å². The quantitative estimate of drug-likeness (QED) is 0.212. The van der Waals surface area contributed by atoms with Gasteiger partial charge >= 0.3 is 5.97 Å². The highest BCUT2D eigenvalue weighted by Gasteiger charge is 2.28. The molecule has 4 aromatic carbocycles. The van der Waals surface area contributed by atoms with E-state index in [2.05, 4.69) is 9.46 Å². The van der Waals surface area contributed by atoms with E-state index in [1.54, 1.807) is 72.8 Å². The van der Waals surface area contributed by atoms with Crippen LogP contribution in [-0.2, 0) is 30.9 Å². The van der Waals surface area contributed by atoms with Crippen molar-refractivity contribution in [2.75, 3.05) is 12.0 Å². The van der Waals surface area contributed by atoms with Gasteiger partial charge in [0.2, 0.25) is 12.0 Å². The molecule has 0 aromatic heterocycles. The summed E-state index contributed by atoms with van der Waals surface area (Å²) < 4.78 is 38.7. The fraction of sp³-hybridized carbons (Fsp3) is 0.129. The molecule has 9 nitrogen and oxygen atoms in total. The lowest BCUT2D eigenvalue weighted by Gasteiger charge is -2.23. The van der Waals surface area contributed by atoms with E-state index in [1.807, 2.05) is 0 Å². The number of benzene rings is 4. The molecule has 0 fully saturated rings. The number of halogens is 2. The molecule has 0 radical (unpaired) electrons. The fourth-order valence-electron chi connectivity index (χ4n) is 4.10. The molecule has 0 aliphatic carbocycles. The van der Waals surface area contributed by atoms with Crippen LogP contribution in [0, 0.1) is 0 Å². The monoisotopic (exact) mass is 640 g/mol. The third-order valence-electron chi connectivity index (χ3n) is 6.32. The van der Waals surface area contributed by atoms with Crippen LogP contribution >= 0.6 is 23.2 Å².